The number of phosphoric acid groups is 1. The van der Waals surface area contributed by atoms with Crippen LogP contribution in [0, 0.1) is 15.9 Å². The van der Waals surface area contributed by atoms with Crippen LogP contribution in [0.1, 0.15) is 18.1 Å². The van der Waals surface area contributed by atoms with Crippen LogP contribution in [0.5, 0.6) is 5.75 Å². The van der Waals surface area contributed by atoms with E-state index >= 15 is 0 Å². The van der Waals surface area contributed by atoms with Crippen molar-refractivity contribution in [2.45, 2.75) is 12.5 Å². The van der Waals surface area contributed by atoms with Crippen molar-refractivity contribution in [2.24, 2.45) is 0 Å². The van der Waals surface area contributed by atoms with Gasteiger partial charge in [0.2, 0.25) is 0 Å². The highest BCUT2D eigenvalue weighted by Gasteiger charge is 2.38. The topological polar surface area (TPSA) is 87.9 Å². The number of hydrogen-bond acceptors (Lipinski definition) is 6. The summed E-state index contributed by atoms with van der Waals surface area (Å²) in [5.74, 6) is -0.584. The van der Waals surface area contributed by atoms with Crippen molar-refractivity contribution in [3.05, 3.63) is 69.0 Å². The largest absolute Gasteiger partial charge is 0.530 e. The van der Waals surface area contributed by atoms with E-state index in [0.29, 0.717) is 0 Å². The molecule has 0 radical (unpaired) electrons. The van der Waals surface area contributed by atoms with Crippen LogP contribution < -0.4 is 4.52 Å². The summed E-state index contributed by atoms with van der Waals surface area (Å²) >= 11 is 5.76. The van der Waals surface area contributed by atoms with Gasteiger partial charge in [0.05, 0.1) is 16.6 Å². The first-order valence-electron chi connectivity index (χ1n) is 7.19. The summed E-state index contributed by atoms with van der Waals surface area (Å²) in [6.07, 6.45) is -0.582. The SMILES string of the molecule is O=[N+]([O-])c1ccc(OP2(=O)OCC[C@H](c3cccc(Cl)c3F)O2)cc1. The molecule has 1 saturated heterocycles. The first-order chi connectivity index (χ1) is 11.9. The Hall–Kier alpha value is -1.99. The summed E-state index contributed by atoms with van der Waals surface area (Å²) in [7, 11) is -4.01. The molecule has 3 rings (SSSR count). The summed E-state index contributed by atoms with van der Waals surface area (Å²) in [5.41, 5.74) is 0.0123. The summed E-state index contributed by atoms with van der Waals surface area (Å²) < 4.78 is 42.5. The van der Waals surface area contributed by atoms with Crippen molar-refractivity contribution in [2.75, 3.05) is 6.61 Å². The van der Waals surface area contributed by atoms with Crippen molar-refractivity contribution in [1.82, 2.24) is 0 Å². The van der Waals surface area contributed by atoms with Gasteiger partial charge in [0.1, 0.15) is 17.7 Å². The second-order valence-electron chi connectivity index (χ2n) is 5.15. The number of benzene rings is 2. The summed E-state index contributed by atoms with van der Waals surface area (Å²) in [6.45, 7) is 0.0286. The van der Waals surface area contributed by atoms with Gasteiger partial charge in [-0.2, -0.15) is 0 Å². The number of nitro benzene ring substituents is 1. The maximum atomic E-state index is 14.1. The smallest absolute Gasteiger partial charge is 0.404 e. The number of halogens is 2. The van der Waals surface area contributed by atoms with Crippen LogP contribution in [0.3, 0.4) is 0 Å². The van der Waals surface area contributed by atoms with Crippen LogP contribution >= 0.6 is 19.4 Å². The predicted octanol–water partition coefficient (Wildman–Crippen LogP) is 5.05. The first-order valence-corrected chi connectivity index (χ1v) is 9.03. The van der Waals surface area contributed by atoms with Gasteiger partial charge in [-0.05, 0) is 18.2 Å². The molecule has 1 unspecified atom stereocenters. The minimum Gasteiger partial charge on any atom is -0.404 e. The van der Waals surface area contributed by atoms with Gasteiger partial charge < -0.3 is 4.52 Å². The van der Waals surface area contributed by atoms with Gasteiger partial charge in [0.15, 0.2) is 0 Å². The van der Waals surface area contributed by atoms with Gasteiger partial charge in [-0.3, -0.25) is 19.2 Å². The molecule has 10 heteroatoms. The van der Waals surface area contributed by atoms with E-state index in [0.717, 1.165) is 0 Å². The van der Waals surface area contributed by atoms with E-state index in [9.17, 15) is 19.1 Å². The van der Waals surface area contributed by atoms with Gasteiger partial charge >= 0.3 is 7.82 Å². The zero-order valence-electron chi connectivity index (χ0n) is 12.6. The van der Waals surface area contributed by atoms with Gasteiger partial charge in [0, 0.05) is 24.1 Å². The van der Waals surface area contributed by atoms with Gasteiger partial charge in [-0.25, -0.2) is 8.96 Å². The third-order valence-electron chi connectivity index (χ3n) is 3.48. The maximum Gasteiger partial charge on any atom is 0.530 e. The van der Waals surface area contributed by atoms with Crippen molar-refractivity contribution in [1.29, 1.82) is 0 Å². The number of nitrogens with zero attached hydrogens (tertiary/aromatic N) is 1. The molecule has 0 amide bonds. The molecule has 0 aliphatic carbocycles. The van der Waals surface area contributed by atoms with Crippen LogP contribution in [-0.4, -0.2) is 11.5 Å². The molecule has 7 nitrogen and oxygen atoms in total. The van der Waals surface area contributed by atoms with Crippen LogP contribution in [0.15, 0.2) is 42.5 Å². The van der Waals surface area contributed by atoms with E-state index < -0.39 is 24.7 Å². The van der Waals surface area contributed by atoms with Crippen LogP contribution in [0.2, 0.25) is 5.02 Å². The molecule has 0 aromatic heterocycles. The molecule has 1 fully saturated rings. The molecule has 132 valence electrons. The first kappa shape index (κ1) is 17.8. The lowest BCUT2D eigenvalue weighted by molar-refractivity contribution is -0.384. The lowest BCUT2D eigenvalue weighted by Gasteiger charge is -2.29. The maximum absolute atomic E-state index is 14.1. The summed E-state index contributed by atoms with van der Waals surface area (Å²) in [5, 5.41) is 10.6. The van der Waals surface area contributed by atoms with Gasteiger partial charge in [-0.1, -0.05) is 23.7 Å². The minimum atomic E-state index is -4.01. The second-order valence-corrected chi connectivity index (χ2v) is 7.10. The van der Waals surface area contributed by atoms with Crippen LogP contribution in [0.25, 0.3) is 0 Å². The highest BCUT2D eigenvalue weighted by Crippen LogP contribution is 2.57. The number of rotatable bonds is 4. The average Bonchev–Trinajstić information content (AvgIpc) is 2.57. The fraction of sp³-hybridized carbons (Fsp3) is 0.200. The number of nitro groups is 1. The van der Waals surface area contributed by atoms with Crippen LogP contribution in [-0.2, 0) is 13.6 Å². The second kappa shape index (κ2) is 7.09. The van der Waals surface area contributed by atoms with E-state index in [1.54, 1.807) is 6.07 Å². The zero-order chi connectivity index (χ0) is 18.0. The molecule has 2 aromatic carbocycles. The Morgan fingerprint density at radius 1 is 1.28 bits per heavy atom. The molecule has 0 spiro atoms. The van der Waals surface area contributed by atoms with E-state index in [1.807, 2.05) is 0 Å². The van der Waals surface area contributed by atoms with E-state index in [2.05, 4.69) is 0 Å². The highest BCUT2D eigenvalue weighted by atomic mass is 35.5. The number of hydrogen-bond donors (Lipinski definition) is 0. The van der Waals surface area contributed by atoms with Gasteiger partial charge in [0.25, 0.3) is 5.69 Å². The van der Waals surface area contributed by atoms with Crippen molar-refractivity contribution < 1.29 is 27.5 Å². The Morgan fingerprint density at radius 2 is 2.00 bits per heavy atom. The van der Waals surface area contributed by atoms with E-state index in [-0.39, 0.29) is 35.1 Å². The third kappa shape index (κ3) is 3.99. The predicted molar refractivity (Wildman–Crippen MR) is 87.1 cm³/mol. The average molecular weight is 388 g/mol. The minimum absolute atomic E-state index is 0.0286. The molecular weight excluding hydrogens is 376 g/mol. The molecule has 2 atom stereocenters. The summed E-state index contributed by atoms with van der Waals surface area (Å²) in [6, 6.07) is 9.36. The van der Waals surface area contributed by atoms with Crippen molar-refractivity contribution >= 4 is 25.1 Å². The number of phosphoric ester groups is 1. The quantitative estimate of drug-likeness (QED) is 0.414. The molecule has 1 heterocycles. The molecule has 0 bridgehead atoms. The van der Waals surface area contributed by atoms with Crippen LogP contribution in [0.4, 0.5) is 10.1 Å². The Kier molecular flexibility index (Phi) is 5.06. The standard InChI is InChI=1S/C15H12ClFNO6P/c16-13-3-1-2-12(15(13)17)14-8-9-22-25(21,24-14)23-11-6-4-10(5-7-11)18(19)20/h1-7,14H,8-9H2/t14-,25?/m1/s1. The molecule has 25 heavy (non-hydrogen) atoms. The monoisotopic (exact) mass is 387 g/mol. The van der Waals surface area contributed by atoms with E-state index in [1.165, 1.54) is 36.4 Å². The zero-order valence-corrected chi connectivity index (χ0v) is 14.3. The third-order valence-corrected chi connectivity index (χ3v) is 5.22. The lowest BCUT2D eigenvalue weighted by Crippen LogP contribution is -2.17. The molecule has 0 saturated carbocycles. The molecule has 2 aromatic rings. The van der Waals surface area contributed by atoms with Crippen molar-refractivity contribution in [3.63, 3.8) is 0 Å². The van der Waals surface area contributed by atoms with E-state index in [4.69, 9.17) is 25.2 Å². The summed E-state index contributed by atoms with van der Waals surface area (Å²) in [4.78, 5) is 10.1. The molecule has 1 aliphatic heterocycles. The van der Waals surface area contributed by atoms with Crippen molar-refractivity contribution in [3.8, 4) is 5.75 Å². The highest BCUT2D eigenvalue weighted by molar-refractivity contribution is 7.49. The number of non-ortho nitro benzene ring substituents is 1. The molecular formula is C15H12ClFNO6P. The fourth-order valence-electron chi connectivity index (χ4n) is 2.30. The molecule has 0 N–H and O–H groups in total. The lowest BCUT2D eigenvalue weighted by atomic mass is 10.1. The normalized spacial score (nSPS) is 23.2. The Balaban J connectivity index is 1.78. The fourth-order valence-corrected chi connectivity index (χ4v) is 3.88. The molecule has 1 aliphatic rings. The Bertz CT molecular complexity index is 846. The Labute approximate surface area is 147 Å². The Morgan fingerprint density at radius 3 is 2.68 bits per heavy atom. The van der Waals surface area contributed by atoms with Gasteiger partial charge in [-0.15, -0.1) is 0 Å².